The molecular weight excluding hydrogens is 284 g/mol. The van der Waals surface area contributed by atoms with E-state index in [1.54, 1.807) is 45.1 Å². The molecule has 7 nitrogen and oxygen atoms in total. The number of anilines is 1. The van der Waals surface area contributed by atoms with Crippen LogP contribution in [0.4, 0.5) is 11.4 Å². The molecule has 1 aromatic carbocycles. The number of benzene rings is 1. The zero-order valence-electron chi connectivity index (χ0n) is 13.0. The number of nitro groups is 1. The number of hydrogen-bond acceptors (Lipinski definition) is 5. The largest absolute Gasteiger partial charge is 0.365 e. The molecule has 0 aliphatic heterocycles. The van der Waals surface area contributed by atoms with Gasteiger partial charge in [-0.05, 0) is 13.0 Å². The van der Waals surface area contributed by atoms with Crippen LogP contribution >= 0.6 is 0 Å². The van der Waals surface area contributed by atoms with Crippen LogP contribution in [-0.4, -0.2) is 48.4 Å². The van der Waals surface area contributed by atoms with Crippen LogP contribution in [0, 0.1) is 17.0 Å². The van der Waals surface area contributed by atoms with Crippen LogP contribution in [0.5, 0.6) is 0 Å². The number of amides is 1. The summed E-state index contributed by atoms with van der Waals surface area (Å²) in [5, 5.41) is 11.8. The molecule has 0 N–H and O–H groups in total. The highest BCUT2D eigenvalue weighted by molar-refractivity contribution is 5.98. The van der Waals surface area contributed by atoms with Crippen molar-refractivity contribution in [2.45, 2.75) is 6.92 Å². The third-order valence-electron chi connectivity index (χ3n) is 3.40. The summed E-state index contributed by atoms with van der Waals surface area (Å²) in [6.45, 7) is 1.97. The van der Waals surface area contributed by atoms with Gasteiger partial charge in [0.25, 0.3) is 5.69 Å². The molecule has 0 aliphatic rings. The van der Waals surface area contributed by atoms with Crippen LogP contribution in [-0.2, 0) is 4.79 Å². The third kappa shape index (κ3) is 2.98. The Morgan fingerprint density at radius 2 is 2.00 bits per heavy atom. The van der Waals surface area contributed by atoms with E-state index in [0.717, 1.165) is 5.69 Å². The van der Waals surface area contributed by atoms with Crippen LogP contribution in [0.2, 0.25) is 0 Å². The molecule has 0 aliphatic carbocycles. The number of nitrogens with zero attached hydrogens (tertiary/aromatic N) is 4. The first-order valence-corrected chi connectivity index (χ1v) is 6.77. The number of rotatable bonds is 4. The smallest absolute Gasteiger partial charge is 0.295 e. The molecule has 0 unspecified atom stereocenters. The zero-order valence-corrected chi connectivity index (χ0v) is 13.0. The molecule has 7 heteroatoms. The van der Waals surface area contributed by atoms with Gasteiger partial charge < -0.3 is 9.80 Å². The number of fused-ring (bicyclic) bond motifs is 1. The molecule has 0 spiro atoms. The highest BCUT2D eigenvalue weighted by atomic mass is 16.6. The fourth-order valence-electron chi connectivity index (χ4n) is 2.23. The molecule has 2 aromatic rings. The van der Waals surface area contributed by atoms with Gasteiger partial charge in [-0.2, -0.15) is 0 Å². The first-order chi connectivity index (χ1) is 10.3. The number of non-ortho nitro benzene ring substituents is 1. The third-order valence-corrected chi connectivity index (χ3v) is 3.40. The molecule has 1 amide bonds. The fraction of sp³-hybridized carbons (Fsp3) is 0.333. The number of carbonyl (C=O) groups is 1. The molecule has 0 radical (unpaired) electrons. The van der Waals surface area contributed by atoms with Gasteiger partial charge in [-0.25, -0.2) is 4.98 Å². The van der Waals surface area contributed by atoms with Crippen molar-refractivity contribution >= 4 is 28.2 Å². The lowest BCUT2D eigenvalue weighted by molar-refractivity contribution is -0.383. The van der Waals surface area contributed by atoms with Gasteiger partial charge in [0.2, 0.25) is 5.91 Å². The van der Waals surface area contributed by atoms with E-state index in [1.807, 2.05) is 6.07 Å². The number of aryl methyl sites for hydroxylation is 1. The van der Waals surface area contributed by atoms with Crippen molar-refractivity contribution in [3.63, 3.8) is 0 Å². The fourth-order valence-corrected chi connectivity index (χ4v) is 2.23. The Labute approximate surface area is 128 Å². The Morgan fingerprint density at radius 1 is 1.32 bits per heavy atom. The van der Waals surface area contributed by atoms with Crippen molar-refractivity contribution in [1.29, 1.82) is 0 Å². The van der Waals surface area contributed by atoms with Crippen LogP contribution in [0.15, 0.2) is 24.3 Å². The summed E-state index contributed by atoms with van der Waals surface area (Å²) in [7, 11) is 5.17. The van der Waals surface area contributed by atoms with E-state index in [1.165, 1.54) is 11.0 Å². The lowest BCUT2D eigenvalue weighted by Gasteiger charge is -2.22. The monoisotopic (exact) mass is 302 g/mol. The Bertz CT molecular complexity index is 743. The standard InChI is InChI=1S/C15H18N4O3/c1-10-8-13(18(4)9-14(20)17(2)3)11-6-5-7-12(19(21)22)15(11)16-10/h5-8H,9H2,1-4H3. The van der Waals surface area contributed by atoms with Gasteiger partial charge in [-0.3, -0.25) is 14.9 Å². The van der Waals surface area contributed by atoms with Crippen molar-refractivity contribution in [3.8, 4) is 0 Å². The van der Waals surface area contributed by atoms with E-state index >= 15 is 0 Å². The molecular formula is C15H18N4O3. The number of hydrogen-bond donors (Lipinski definition) is 0. The normalized spacial score (nSPS) is 10.5. The van der Waals surface area contributed by atoms with E-state index in [9.17, 15) is 14.9 Å². The van der Waals surface area contributed by atoms with E-state index in [0.29, 0.717) is 16.6 Å². The van der Waals surface area contributed by atoms with Gasteiger partial charge in [0.05, 0.1) is 11.5 Å². The van der Waals surface area contributed by atoms with Crippen molar-refractivity contribution < 1.29 is 9.72 Å². The average molecular weight is 302 g/mol. The maximum absolute atomic E-state index is 11.9. The Hall–Kier alpha value is -2.70. The maximum atomic E-state index is 11.9. The predicted octanol–water partition coefficient (Wildman–Crippen LogP) is 1.98. The van der Waals surface area contributed by atoms with Gasteiger partial charge in [0.15, 0.2) is 5.52 Å². The van der Waals surface area contributed by atoms with Crippen LogP contribution in [0.3, 0.4) is 0 Å². The molecule has 1 aromatic heterocycles. The van der Waals surface area contributed by atoms with Crippen molar-refractivity contribution in [3.05, 3.63) is 40.1 Å². The Kier molecular flexibility index (Phi) is 4.25. The van der Waals surface area contributed by atoms with Gasteiger partial charge >= 0.3 is 0 Å². The number of pyridine rings is 1. The van der Waals surface area contributed by atoms with Crippen LogP contribution < -0.4 is 4.90 Å². The average Bonchev–Trinajstić information content (AvgIpc) is 2.45. The second-order valence-electron chi connectivity index (χ2n) is 5.36. The summed E-state index contributed by atoms with van der Waals surface area (Å²) in [4.78, 5) is 30.2. The van der Waals surface area contributed by atoms with Gasteiger partial charge in [-0.1, -0.05) is 12.1 Å². The van der Waals surface area contributed by atoms with E-state index < -0.39 is 4.92 Å². The lowest BCUT2D eigenvalue weighted by atomic mass is 10.1. The van der Waals surface area contributed by atoms with Gasteiger partial charge in [0.1, 0.15) is 0 Å². The molecule has 0 saturated carbocycles. The molecule has 0 fully saturated rings. The number of likely N-dealkylation sites (N-methyl/N-ethyl adjacent to an activating group) is 2. The molecule has 0 atom stereocenters. The van der Waals surface area contributed by atoms with Crippen molar-refractivity contribution in [2.24, 2.45) is 0 Å². The summed E-state index contributed by atoms with van der Waals surface area (Å²) < 4.78 is 0. The molecule has 22 heavy (non-hydrogen) atoms. The minimum atomic E-state index is -0.441. The van der Waals surface area contributed by atoms with Crippen LogP contribution in [0.1, 0.15) is 5.69 Å². The summed E-state index contributed by atoms with van der Waals surface area (Å²) in [5.41, 5.74) is 1.73. The molecule has 0 saturated heterocycles. The number of nitro benzene ring substituents is 1. The quantitative estimate of drug-likeness (QED) is 0.637. The van der Waals surface area contributed by atoms with Crippen LogP contribution in [0.25, 0.3) is 10.9 Å². The van der Waals surface area contributed by atoms with Crippen molar-refractivity contribution in [2.75, 3.05) is 32.6 Å². The van der Waals surface area contributed by atoms with E-state index in [-0.39, 0.29) is 18.1 Å². The first kappa shape index (κ1) is 15.7. The number of para-hydroxylation sites is 1. The highest BCUT2D eigenvalue weighted by Gasteiger charge is 2.18. The molecule has 0 bridgehead atoms. The minimum Gasteiger partial charge on any atom is -0.365 e. The maximum Gasteiger partial charge on any atom is 0.295 e. The van der Waals surface area contributed by atoms with E-state index in [2.05, 4.69) is 4.98 Å². The minimum absolute atomic E-state index is 0.0326. The SMILES string of the molecule is Cc1cc(N(C)CC(=O)N(C)C)c2cccc([N+](=O)[O-])c2n1. The summed E-state index contributed by atoms with van der Waals surface area (Å²) in [6, 6.07) is 6.67. The van der Waals surface area contributed by atoms with Gasteiger partial charge in [0, 0.05) is 44.0 Å². The highest BCUT2D eigenvalue weighted by Crippen LogP contribution is 2.31. The first-order valence-electron chi connectivity index (χ1n) is 6.77. The summed E-state index contributed by atoms with van der Waals surface area (Å²) in [6.07, 6.45) is 0. The number of aromatic nitrogens is 1. The Morgan fingerprint density at radius 3 is 2.59 bits per heavy atom. The Balaban J connectivity index is 2.57. The second-order valence-corrected chi connectivity index (χ2v) is 5.36. The number of carbonyl (C=O) groups excluding carboxylic acids is 1. The van der Waals surface area contributed by atoms with Gasteiger partial charge in [-0.15, -0.1) is 0 Å². The molecule has 116 valence electrons. The predicted molar refractivity (Wildman–Crippen MR) is 85.1 cm³/mol. The van der Waals surface area contributed by atoms with Crippen molar-refractivity contribution in [1.82, 2.24) is 9.88 Å². The lowest BCUT2D eigenvalue weighted by Crippen LogP contribution is -2.34. The summed E-state index contributed by atoms with van der Waals surface area (Å²) >= 11 is 0. The zero-order chi connectivity index (χ0) is 16.4. The molecule has 2 rings (SSSR count). The molecule has 1 heterocycles. The second kappa shape index (κ2) is 5.97. The topological polar surface area (TPSA) is 79.6 Å². The van der Waals surface area contributed by atoms with E-state index in [4.69, 9.17) is 0 Å². The summed E-state index contributed by atoms with van der Waals surface area (Å²) in [5.74, 6) is -0.0458.